The van der Waals surface area contributed by atoms with Gasteiger partial charge in [0.05, 0.1) is 21.2 Å². The summed E-state index contributed by atoms with van der Waals surface area (Å²) >= 11 is 11.7. The highest BCUT2D eigenvalue weighted by Gasteiger charge is 2.18. The van der Waals surface area contributed by atoms with Gasteiger partial charge >= 0.3 is 0 Å². The summed E-state index contributed by atoms with van der Waals surface area (Å²) in [4.78, 5) is 0.187. The molecule has 0 fully saturated rings. The van der Waals surface area contributed by atoms with E-state index in [0.29, 0.717) is 15.6 Å². The van der Waals surface area contributed by atoms with Gasteiger partial charge < -0.3 is 0 Å². The van der Waals surface area contributed by atoms with Gasteiger partial charge in [0.15, 0.2) is 0 Å². The van der Waals surface area contributed by atoms with Crippen LogP contribution in [0.15, 0.2) is 52.5 Å². The molecule has 7 heteroatoms. The quantitative estimate of drug-likeness (QED) is 0.614. The van der Waals surface area contributed by atoms with Crippen LogP contribution in [-0.4, -0.2) is 26.1 Å². The molecule has 0 atom stereocenters. The minimum absolute atomic E-state index is 0.187. The van der Waals surface area contributed by atoms with Gasteiger partial charge in [-0.3, -0.25) is 0 Å². The molecule has 0 aliphatic heterocycles. The van der Waals surface area contributed by atoms with Gasteiger partial charge in [0.25, 0.3) is 10.0 Å². The van der Waals surface area contributed by atoms with Crippen molar-refractivity contribution in [2.24, 2.45) is 5.10 Å². The van der Waals surface area contributed by atoms with E-state index in [2.05, 4.69) is 5.10 Å². The molecule has 0 heterocycles. The summed E-state index contributed by atoms with van der Waals surface area (Å²) in [5, 5.41) is 4.77. The molecule has 0 aliphatic rings. The van der Waals surface area contributed by atoms with E-state index in [0.717, 1.165) is 9.98 Å². The number of nitrogens with zero attached hydrogens (tertiary/aromatic N) is 2. The molecule has 0 amide bonds. The normalized spacial score (nSPS) is 11.8. The van der Waals surface area contributed by atoms with E-state index >= 15 is 0 Å². The number of aryl methyl sites for hydroxylation is 1. The average Bonchev–Trinajstić information content (AvgIpc) is 2.48. The predicted molar refractivity (Wildman–Crippen MR) is 90.2 cm³/mol. The van der Waals surface area contributed by atoms with Crippen LogP contribution in [0.3, 0.4) is 0 Å². The minimum atomic E-state index is -3.67. The largest absolute Gasteiger partial charge is 0.278 e. The lowest BCUT2D eigenvalue weighted by atomic mass is 10.2. The molecule has 0 unspecified atom stereocenters. The van der Waals surface area contributed by atoms with Crippen molar-refractivity contribution in [3.8, 4) is 0 Å². The molecule has 0 bridgehead atoms. The molecular weight excluding hydrogens is 343 g/mol. The third-order valence-corrected chi connectivity index (χ3v) is 5.38. The van der Waals surface area contributed by atoms with Crippen molar-refractivity contribution in [2.75, 3.05) is 7.05 Å². The number of rotatable bonds is 4. The Bertz CT molecular complexity index is 803. The highest BCUT2D eigenvalue weighted by Crippen LogP contribution is 2.22. The third kappa shape index (κ3) is 3.80. The molecule has 0 radical (unpaired) electrons. The highest BCUT2D eigenvalue weighted by molar-refractivity contribution is 7.89. The van der Waals surface area contributed by atoms with Gasteiger partial charge in [0.1, 0.15) is 0 Å². The van der Waals surface area contributed by atoms with Crippen LogP contribution < -0.4 is 0 Å². The molecule has 2 aromatic rings. The Kier molecular flexibility index (Phi) is 5.11. The zero-order chi connectivity index (χ0) is 16.3. The lowest BCUT2D eigenvalue weighted by Gasteiger charge is -2.13. The third-order valence-electron chi connectivity index (χ3n) is 2.98. The maximum Gasteiger partial charge on any atom is 0.278 e. The van der Waals surface area contributed by atoms with Crippen LogP contribution in [0.4, 0.5) is 0 Å². The van der Waals surface area contributed by atoms with E-state index in [-0.39, 0.29) is 4.90 Å². The lowest BCUT2D eigenvalue weighted by molar-refractivity contribution is 0.491. The van der Waals surface area contributed by atoms with E-state index in [1.807, 2.05) is 6.92 Å². The van der Waals surface area contributed by atoms with Gasteiger partial charge in [-0.1, -0.05) is 47.0 Å². The summed E-state index contributed by atoms with van der Waals surface area (Å²) in [6.07, 6.45) is 1.41. The molecule has 2 aromatic carbocycles. The standard InChI is InChI=1S/C15H14Cl2N2O2S/c1-11-3-6-13(7-4-11)22(20,21)19(2)18-10-12-5-8-14(16)15(17)9-12/h3-10H,1-2H3/b18-10-. The molecule has 0 saturated heterocycles. The van der Waals surface area contributed by atoms with Gasteiger partial charge in [-0.25, -0.2) is 0 Å². The molecule has 0 N–H and O–H groups in total. The van der Waals surface area contributed by atoms with Gasteiger partial charge in [-0.05, 0) is 36.8 Å². The molecule has 0 aromatic heterocycles. The Balaban J connectivity index is 2.23. The van der Waals surface area contributed by atoms with E-state index in [1.54, 1.807) is 42.5 Å². The van der Waals surface area contributed by atoms with Gasteiger partial charge in [0.2, 0.25) is 0 Å². The second kappa shape index (κ2) is 6.69. The number of sulfonamides is 1. The molecule has 0 saturated carbocycles. The van der Waals surface area contributed by atoms with Crippen LogP contribution in [0.2, 0.25) is 10.0 Å². The van der Waals surface area contributed by atoms with Crippen molar-refractivity contribution in [1.29, 1.82) is 0 Å². The Morgan fingerprint density at radius 2 is 1.68 bits per heavy atom. The zero-order valence-corrected chi connectivity index (χ0v) is 14.3. The maximum absolute atomic E-state index is 12.4. The summed E-state index contributed by atoms with van der Waals surface area (Å²) in [5.41, 5.74) is 1.64. The van der Waals surface area contributed by atoms with Gasteiger partial charge in [-0.2, -0.15) is 17.9 Å². The molecule has 0 aliphatic carbocycles. The van der Waals surface area contributed by atoms with Crippen molar-refractivity contribution in [2.45, 2.75) is 11.8 Å². The van der Waals surface area contributed by atoms with Crippen LogP contribution in [0, 0.1) is 6.92 Å². The SMILES string of the molecule is Cc1ccc(S(=O)(=O)N(C)/N=C\c2ccc(Cl)c(Cl)c2)cc1. The first-order chi connectivity index (χ1) is 10.3. The van der Waals surface area contributed by atoms with Crippen molar-refractivity contribution < 1.29 is 8.42 Å². The van der Waals surface area contributed by atoms with Crippen LogP contribution >= 0.6 is 23.2 Å². The fourth-order valence-electron chi connectivity index (χ4n) is 1.67. The average molecular weight is 357 g/mol. The zero-order valence-electron chi connectivity index (χ0n) is 12.0. The van der Waals surface area contributed by atoms with Gasteiger partial charge in [-0.15, -0.1) is 0 Å². The maximum atomic E-state index is 12.4. The number of halogens is 2. The summed E-state index contributed by atoms with van der Waals surface area (Å²) in [7, 11) is -2.29. The number of benzene rings is 2. The van der Waals surface area contributed by atoms with Crippen LogP contribution in [0.25, 0.3) is 0 Å². The van der Waals surface area contributed by atoms with Crippen molar-refractivity contribution in [3.63, 3.8) is 0 Å². The molecule has 116 valence electrons. The van der Waals surface area contributed by atoms with Crippen molar-refractivity contribution >= 4 is 39.4 Å². The predicted octanol–water partition coefficient (Wildman–Crippen LogP) is 3.96. The topological polar surface area (TPSA) is 49.7 Å². The Hall–Kier alpha value is -1.56. The monoisotopic (exact) mass is 356 g/mol. The molecule has 4 nitrogen and oxygen atoms in total. The van der Waals surface area contributed by atoms with E-state index in [4.69, 9.17) is 23.2 Å². The first-order valence-electron chi connectivity index (χ1n) is 6.35. The highest BCUT2D eigenvalue weighted by atomic mass is 35.5. The van der Waals surface area contributed by atoms with Crippen LogP contribution in [0.1, 0.15) is 11.1 Å². The molecule has 2 rings (SSSR count). The molecular formula is C15H14Cl2N2O2S. The summed E-state index contributed by atoms with van der Waals surface area (Å²) in [5.74, 6) is 0. The first-order valence-corrected chi connectivity index (χ1v) is 8.55. The first kappa shape index (κ1) is 16.8. The Labute approximate surface area is 140 Å². The van der Waals surface area contributed by atoms with E-state index in [1.165, 1.54) is 13.3 Å². The fourth-order valence-corrected chi connectivity index (χ4v) is 2.93. The summed E-state index contributed by atoms with van der Waals surface area (Å²) in [6.45, 7) is 1.89. The lowest BCUT2D eigenvalue weighted by Crippen LogP contribution is -2.21. The van der Waals surface area contributed by atoms with Crippen molar-refractivity contribution in [3.05, 3.63) is 63.6 Å². The second-order valence-corrected chi connectivity index (χ2v) is 7.43. The number of hydrogen-bond donors (Lipinski definition) is 0. The van der Waals surface area contributed by atoms with Gasteiger partial charge in [0, 0.05) is 7.05 Å². The van der Waals surface area contributed by atoms with Crippen LogP contribution in [-0.2, 0) is 10.0 Å². The Morgan fingerprint density at radius 3 is 2.27 bits per heavy atom. The Morgan fingerprint density at radius 1 is 1.05 bits per heavy atom. The number of hydrazone groups is 1. The minimum Gasteiger partial charge on any atom is -0.200 e. The smallest absolute Gasteiger partial charge is 0.200 e. The summed E-state index contributed by atoms with van der Waals surface area (Å²) in [6, 6.07) is 11.5. The number of hydrogen-bond acceptors (Lipinski definition) is 3. The van der Waals surface area contributed by atoms with Crippen LogP contribution in [0.5, 0.6) is 0 Å². The van der Waals surface area contributed by atoms with Crippen molar-refractivity contribution in [1.82, 2.24) is 4.41 Å². The second-order valence-electron chi connectivity index (χ2n) is 4.67. The fraction of sp³-hybridized carbons (Fsp3) is 0.133. The molecule has 0 spiro atoms. The van der Waals surface area contributed by atoms with E-state index < -0.39 is 10.0 Å². The molecule has 22 heavy (non-hydrogen) atoms. The van der Waals surface area contributed by atoms with E-state index in [9.17, 15) is 8.42 Å². The summed E-state index contributed by atoms with van der Waals surface area (Å²) < 4.78 is 25.6.